The van der Waals surface area contributed by atoms with Crippen LogP contribution in [0.25, 0.3) is 11.4 Å². The minimum atomic E-state index is -0.625. The number of hydrogen-bond donors (Lipinski definition) is 2. The monoisotopic (exact) mass is 425 g/mol. The number of hydrogen-bond acceptors (Lipinski definition) is 8. The number of benzene rings is 2. The molecule has 0 bridgehead atoms. The van der Waals surface area contributed by atoms with Gasteiger partial charge in [-0.25, -0.2) is 0 Å². The van der Waals surface area contributed by atoms with E-state index in [1.807, 2.05) is 6.92 Å². The fourth-order valence-electron chi connectivity index (χ4n) is 2.59. The first kappa shape index (κ1) is 21.4. The lowest BCUT2D eigenvalue weighted by atomic mass is 10.2. The summed E-state index contributed by atoms with van der Waals surface area (Å²) in [6.45, 7) is 2.73. The summed E-state index contributed by atoms with van der Waals surface area (Å²) in [7, 11) is 0. The van der Waals surface area contributed by atoms with Gasteiger partial charge in [0.2, 0.25) is 5.82 Å². The molecule has 11 heteroatoms. The molecule has 31 heavy (non-hydrogen) atoms. The maximum Gasteiger partial charge on any atom is 0.316 e. The molecule has 0 saturated heterocycles. The quantitative estimate of drug-likeness (QED) is 0.301. The lowest BCUT2D eigenvalue weighted by Crippen LogP contribution is -2.34. The van der Waals surface area contributed by atoms with E-state index in [1.165, 1.54) is 18.2 Å². The Morgan fingerprint density at radius 1 is 1.10 bits per heavy atom. The van der Waals surface area contributed by atoms with E-state index < -0.39 is 10.8 Å². The molecule has 0 saturated carbocycles. The number of nitrogens with zero attached hydrogens (tertiary/aromatic N) is 3. The van der Waals surface area contributed by atoms with E-state index in [9.17, 15) is 19.7 Å². The topological polar surface area (TPSA) is 149 Å². The highest BCUT2D eigenvalue weighted by atomic mass is 16.6. The van der Waals surface area contributed by atoms with Crippen LogP contribution >= 0.6 is 0 Å². The Labute approximate surface area is 176 Å². The van der Waals surface area contributed by atoms with Crippen molar-refractivity contribution in [1.29, 1.82) is 0 Å². The zero-order chi connectivity index (χ0) is 22.2. The van der Waals surface area contributed by atoms with Crippen molar-refractivity contribution in [1.82, 2.24) is 20.8 Å². The van der Waals surface area contributed by atoms with E-state index in [0.29, 0.717) is 23.5 Å². The smallest absolute Gasteiger partial charge is 0.316 e. The van der Waals surface area contributed by atoms with E-state index in [1.54, 1.807) is 30.3 Å². The molecule has 0 radical (unpaired) electrons. The van der Waals surface area contributed by atoms with Crippen molar-refractivity contribution in [2.45, 2.75) is 6.92 Å². The number of amides is 2. The molecule has 0 aliphatic rings. The van der Waals surface area contributed by atoms with Gasteiger partial charge in [-0.2, -0.15) is 4.98 Å². The van der Waals surface area contributed by atoms with Crippen molar-refractivity contribution in [2.75, 3.05) is 19.7 Å². The molecule has 2 amide bonds. The molecule has 160 valence electrons. The molecule has 0 aliphatic carbocycles. The first-order chi connectivity index (χ1) is 15.0. The van der Waals surface area contributed by atoms with Crippen LogP contribution in [0.1, 0.15) is 28.0 Å². The van der Waals surface area contributed by atoms with Crippen LogP contribution < -0.4 is 15.4 Å². The van der Waals surface area contributed by atoms with Gasteiger partial charge in [-0.3, -0.25) is 19.7 Å². The molecule has 1 aromatic heterocycles. The number of nitro groups is 1. The molecule has 3 rings (SSSR count). The van der Waals surface area contributed by atoms with Gasteiger partial charge in [0.1, 0.15) is 5.75 Å². The van der Waals surface area contributed by atoms with Crippen LogP contribution in [0.5, 0.6) is 5.75 Å². The first-order valence-corrected chi connectivity index (χ1v) is 9.35. The van der Waals surface area contributed by atoms with Crippen molar-refractivity contribution in [3.63, 3.8) is 0 Å². The van der Waals surface area contributed by atoms with E-state index in [2.05, 4.69) is 20.8 Å². The van der Waals surface area contributed by atoms with E-state index in [-0.39, 0.29) is 36.4 Å². The summed E-state index contributed by atoms with van der Waals surface area (Å²) in [6.07, 6.45) is 0. The maximum atomic E-state index is 12.1. The van der Waals surface area contributed by atoms with E-state index in [0.717, 1.165) is 0 Å². The predicted octanol–water partition coefficient (Wildman–Crippen LogP) is 2.20. The van der Waals surface area contributed by atoms with Crippen LogP contribution in [0.4, 0.5) is 5.69 Å². The number of nitro benzene ring substituents is 1. The standard InChI is InChI=1S/C20H19N5O6/c1-2-30-16-8-6-13(7-9-16)18(26)21-10-11-22-19(27)20-23-17(24-31-20)14-4-3-5-15(12-14)25(28)29/h3-9,12H,2,10-11H2,1H3,(H,21,26)(H,22,27). The summed E-state index contributed by atoms with van der Waals surface area (Å²) >= 11 is 0. The SMILES string of the molecule is CCOc1ccc(C(=O)NCCNC(=O)c2nc(-c3cccc([N+](=O)[O-])c3)no2)cc1. The number of rotatable bonds is 9. The van der Waals surface area contributed by atoms with Crippen molar-refractivity contribution in [3.05, 3.63) is 70.1 Å². The molecule has 11 nitrogen and oxygen atoms in total. The van der Waals surface area contributed by atoms with Gasteiger partial charge < -0.3 is 19.9 Å². The molecule has 0 aliphatic heterocycles. The third-order valence-electron chi connectivity index (χ3n) is 4.06. The number of carbonyl (C=O) groups excluding carboxylic acids is 2. The van der Waals surface area contributed by atoms with Gasteiger partial charge in [0, 0.05) is 36.3 Å². The average molecular weight is 425 g/mol. The number of aromatic nitrogens is 2. The zero-order valence-corrected chi connectivity index (χ0v) is 16.5. The van der Waals surface area contributed by atoms with Crippen molar-refractivity contribution in [3.8, 4) is 17.1 Å². The summed E-state index contributed by atoms with van der Waals surface area (Å²) in [5.41, 5.74) is 0.685. The Kier molecular flexibility index (Phi) is 6.89. The summed E-state index contributed by atoms with van der Waals surface area (Å²) in [5.74, 6) is -0.477. The zero-order valence-electron chi connectivity index (χ0n) is 16.5. The molecule has 3 aromatic rings. The lowest BCUT2D eigenvalue weighted by Gasteiger charge is -2.07. The fraction of sp³-hybridized carbons (Fsp3) is 0.200. The Bertz CT molecular complexity index is 1080. The van der Waals surface area contributed by atoms with Gasteiger partial charge >= 0.3 is 11.8 Å². The minimum absolute atomic E-state index is 0.0534. The molecular formula is C20H19N5O6. The summed E-state index contributed by atoms with van der Waals surface area (Å²) in [6, 6.07) is 12.4. The minimum Gasteiger partial charge on any atom is -0.494 e. The van der Waals surface area contributed by atoms with Gasteiger partial charge in [-0.1, -0.05) is 17.3 Å². The maximum absolute atomic E-state index is 12.1. The Hall–Kier alpha value is -4.28. The van der Waals surface area contributed by atoms with Crippen molar-refractivity contribution < 1.29 is 23.8 Å². The Morgan fingerprint density at radius 2 is 1.81 bits per heavy atom. The lowest BCUT2D eigenvalue weighted by molar-refractivity contribution is -0.384. The van der Waals surface area contributed by atoms with Crippen LogP contribution in [0.15, 0.2) is 53.1 Å². The molecular weight excluding hydrogens is 406 g/mol. The largest absolute Gasteiger partial charge is 0.494 e. The molecule has 0 unspecified atom stereocenters. The van der Waals surface area contributed by atoms with Crippen LogP contribution in [-0.2, 0) is 0 Å². The summed E-state index contributed by atoms with van der Waals surface area (Å²) in [5, 5.41) is 19.8. The number of ether oxygens (including phenoxy) is 1. The third-order valence-corrected chi connectivity index (χ3v) is 4.06. The molecule has 0 spiro atoms. The molecule has 1 heterocycles. The number of nitrogens with one attached hydrogen (secondary N) is 2. The van der Waals surface area contributed by atoms with E-state index in [4.69, 9.17) is 9.26 Å². The van der Waals surface area contributed by atoms with Crippen LogP contribution in [0, 0.1) is 10.1 Å². The predicted molar refractivity (Wildman–Crippen MR) is 109 cm³/mol. The average Bonchev–Trinajstić information content (AvgIpc) is 3.28. The van der Waals surface area contributed by atoms with Gasteiger partial charge in [0.05, 0.1) is 11.5 Å². The van der Waals surface area contributed by atoms with Gasteiger partial charge in [-0.05, 0) is 31.2 Å². The Morgan fingerprint density at radius 3 is 2.48 bits per heavy atom. The second kappa shape index (κ2) is 9.96. The van der Waals surface area contributed by atoms with E-state index >= 15 is 0 Å². The van der Waals surface area contributed by atoms with Gasteiger partial charge in [0.25, 0.3) is 11.6 Å². The normalized spacial score (nSPS) is 10.4. The van der Waals surface area contributed by atoms with Gasteiger partial charge in [-0.15, -0.1) is 0 Å². The fourth-order valence-corrected chi connectivity index (χ4v) is 2.59. The highest BCUT2D eigenvalue weighted by Crippen LogP contribution is 2.21. The second-order valence-electron chi connectivity index (χ2n) is 6.20. The third kappa shape index (κ3) is 5.63. The Balaban J connectivity index is 1.48. The van der Waals surface area contributed by atoms with Crippen LogP contribution in [-0.4, -0.2) is 46.6 Å². The number of carbonyl (C=O) groups is 2. The van der Waals surface area contributed by atoms with Crippen LogP contribution in [0.2, 0.25) is 0 Å². The van der Waals surface area contributed by atoms with Crippen LogP contribution in [0.3, 0.4) is 0 Å². The second-order valence-corrected chi connectivity index (χ2v) is 6.20. The highest BCUT2D eigenvalue weighted by Gasteiger charge is 2.17. The van der Waals surface area contributed by atoms with Crippen molar-refractivity contribution in [2.24, 2.45) is 0 Å². The molecule has 2 N–H and O–H groups in total. The summed E-state index contributed by atoms with van der Waals surface area (Å²) in [4.78, 5) is 38.5. The highest BCUT2D eigenvalue weighted by molar-refractivity contribution is 5.94. The molecule has 0 atom stereocenters. The summed E-state index contributed by atoms with van der Waals surface area (Å²) < 4.78 is 10.2. The molecule has 2 aromatic carbocycles. The van der Waals surface area contributed by atoms with Gasteiger partial charge in [0.15, 0.2) is 0 Å². The van der Waals surface area contributed by atoms with Crippen molar-refractivity contribution >= 4 is 17.5 Å². The molecule has 0 fully saturated rings. The first-order valence-electron chi connectivity index (χ1n) is 9.35. The number of non-ortho nitro benzene ring substituents is 1.